The van der Waals surface area contributed by atoms with E-state index < -0.39 is 25.4 Å². The van der Waals surface area contributed by atoms with E-state index in [0.29, 0.717) is 12.1 Å². The lowest BCUT2D eigenvalue weighted by Crippen LogP contribution is -2.46. The van der Waals surface area contributed by atoms with Gasteiger partial charge in [0, 0.05) is 31.2 Å². The third kappa shape index (κ3) is 5.89. The van der Waals surface area contributed by atoms with Crippen LogP contribution < -0.4 is 20.1 Å². The molecule has 1 aromatic rings. The van der Waals surface area contributed by atoms with E-state index in [-0.39, 0.29) is 41.1 Å². The van der Waals surface area contributed by atoms with E-state index >= 15 is 0 Å². The summed E-state index contributed by atoms with van der Waals surface area (Å²) in [5.74, 6) is 0.00756. The second-order valence-electron chi connectivity index (χ2n) is 6.77. The lowest BCUT2D eigenvalue weighted by molar-refractivity contribution is -0.114. The number of amides is 1. The fourth-order valence-corrected chi connectivity index (χ4v) is 6.29. The number of carbonyl (C=O) groups is 1. The minimum absolute atomic E-state index is 0.0410. The van der Waals surface area contributed by atoms with Gasteiger partial charge in [-0.2, -0.15) is 0 Å². The zero-order valence-corrected chi connectivity index (χ0v) is 17.2. The van der Waals surface area contributed by atoms with E-state index in [2.05, 4.69) is 15.4 Å². The molecule has 2 rings (SSSR count). The van der Waals surface area contributed by atoms with Gasteiger partial charge in [-0.1, -0.05) is 0 Å². The predicted octanol–water partition coefficient (Wildman–Crippen LogP) is 0.0987. The van der Waals surface area contributed by atoms with Crippen LogP contribution in [0, 0.1) is 0 Å². The van der Waals surface area contributed by atoms with E-state index in [0.717, 1.165) is 0 Å². The van der Waals surface area contributed by atoms with Gasteiger partial charge in [0.15, 0.2) is 9.84 Å². The summed E-state index contributed by atoms with van der Waals surface area (Å²) in [6.45, 7) is 3.49. The first-order valence-electron chi connectivity index (χ1n) is 8.37. The summed E-state index contributed by atoms with van der Waals surface area (Å²) in [5, 5.41) is 5.64. The van der Waals surface area contributed by atoms with Gasteiger partial charge >= 0.3 is 0 Å². The number of hydrogen-bond acceptors (Lipinski definition) is 7. The van der Waals surface area contributed by atoms with Crippen molar-refractivity contribution >= 4 is 31.5 Å². The van der Waals surface area contributed by atoms with E-state index in [4.69, 9.17) is 4.74 Å². The highest BCUT2D eigenvalue weighted by Gasteiger charge is 2.37. The molecule has 1 aliphatic rings. The number of ether oxygens (including phenoxy) is 1. The minimum atomic E-state index is -3.88. The van der Waals surface area contributed by atoms with Crippen LogP contribution in [0.1, 0.15) is 20.3 Å². The average Bonchev–Trinajstić information content (AvgIpc) is 2.85. The van der Waals surface area contributed by atoms with Gasteiger partial charge in [0.05, 0.1) is 18.6 Å². The molecule has 1 atom stereocenters. The second kappa shape index (κ2) is 8.13. The van der Waals surface area contributed by atoms with Gasteiger partial charge in [-0.05, 0) is 31.5 Å². The van der Waals surface area contributed by atoms with Crippen molar-refractivity contribution in [3.05, 3.63) is 18.2 Å². The van der Waals surface area contributed by atoms with E-state index in [9.17, 15) is 21.6 Å². The van der Waals surface area contributed by atoms with Gasteiger partial charge in [-0.25, -0.2) is 21.6 Å². The number of nitrogens with one attached hydrogen (secondary N) is 3. The van der Waals surface area contributed by atoms with Crippen molar-refractivity contribution in [3.8, 4) is 5.75 Å². The summed E-state index contributed by atoms with van der Waals surface area (Å²) < 4.78 is 56.0. The highest BCUT2D eigenvalue weighted by molar-refractivity contribution is 7.91. The summed E-state index contributed by atoms with van der Waals surface area (Å²) in [4.78, 5) is 11.1. The van der Waals surface area contributed by atoms with Crippen LogP contribution in [0.15, 0.2) is 23.1 Å². The Morgan fingerprint density at radius 3 is 2.56 bits per heavy atom. The largest absolute Gasteiger partial charge is 0.495 e. The van der Waals surface area contributed by atoms with Crippen LogP contribution in [0.4, 0.5) is 5.69 Å². The first kappa shape index (κ1) is 21.6. The van der Waals surface area contributed by atoms with Crippen LogP contribution >= 0.6 is 0 Å². The third-order valence-corrected chi connectivity index (χ3v) is 7.63. The molecule has 9 nitrogen and oxygen atoms in total. The minimum Gasteiger partial charge on any atom is -0.495 e. The fourth-order valence-electron chi connectivity index (χ4n) is 2.95. The smallest absolute Gasteiger partial charge is 0.244 e. The highest BCUT2D eigenvalue weighted by atomic mass is 32.2. The van der Waals surface area contributed by atoms with Crippen LogP contribution in [0.3, 0.4) is 0 Å². The van der Waals surface area contributed by atoms with Gasteiger partial charge in [-0.15, -0.1) is 0 Å². The molecule has 0 bridgehead atoms. The second-order valence-corrected chi connectivity index (χ2v) is 10.7. The van der Waals surface area contributed by atoms with Gasteiger partial charge in [0.2, 0.25) is 15.9 Å². The van der Waals surface area contributed by atoms with Crippen LogP contribution in [-0.2, 0) is 24.7 Å². The molecule has 0 aliphatic carbocycles. The van der Waals surface area contributed by atoms with E-state index in [1.807, 2.05) is 6.92 Å². The maximum Gasteiger partial charge on any atom is 0.244 e. The molecule has 11 heteroatoms. The number of anilines is 1. The number of rotatable bonds is 8. The molecule has 0 spiro atoms. The molecule has 0 unspecified atom stereocenters. The van der Waals surface area contributed by atoms with Crippen molar-refractivity contribution in [1.29, 1.82) is 0 Å². The zero-order chi connectivity index (χ0) is 20.3. The highest BCUT2D eigenvalue weighted by Crippen LogP contribution is 2.27. The van der Waals surface area contributed by atoms with E-state index in [1.165, 1.54) is 26.2 Å². The maximum absolute atomic E-state index is 12.6. The van der Waals surface area contributed by atoms with Crippen molar-refractivity contribution < 1.29 is 26.4 Å². The molecule has 3 N–H and O–H groups in total. The third-order valence-electron chi connectivity index (χ3n) is 4.25. The maximum atomic E-state index is 12.6. The predicted molar refractivity (Wildman–Crippen MR) is 102 cm³/mol. The van der Waals surface area contributed by atoms with Crippen molar-refractivity contribution in [2.24, 2.45) is 0 Å². The molecule has 0 aromatic heterocycles. The SMILES string of the molecule is COc1ccc(NC(C)=O)cc1S(=O)(=O)NCCN[C@]1(C)CCS(=O)(=O)C1. The van der Waals surface area contributed by atoms with Crippen LogP contribution in [-0.4, -0.2) is 60.0 Å². The fraction of sp³-hybridized carbons (Fsp3) is 0.562. The van der Waals surface area contributed by atoms with Gasteiger partial charge in [-0.3, -0.25) is 4.79 Å². The Kier molecular flexibility index (Phi) is 6.51. The number of benzene rings is 1. The number of sulfone groups is 1. The van der Waals surface area contributed by atoms with E-state index in [1.54, 1.807) is 6.07 Å². The standard InChI is InChI=1S/C16H25N3O6S2/c1-12(20)19-13-4-5-14(25-3)15(10-13)27(23,24)18-8-7-17-16(2)6-9-26(21,22)11-16/h4-5,10,17-18H,6-9,11H2,1-3H3,(H,19,20)/t16-/m1/s1. The normalized spacial score (nSPS) is 21.7. The van der Waals surface area contributed by atoms with Crippen molar-refractivity contribution in [1.82, 2.24) is 10.0 Å². The molecular formula is C16H25N3O6S2. The molecule has 0 radical (unpaired) electrons. The monoisotopic (exact) mass is 419 g/mol. The summed E-state index contributed by atoms with van der Waals surface area (Å²) in [6.07, 6.45) is 0.495. The molecule has 1 amide bonds. The Labute approximate surface area is 159 Å². The summed E-state index contributed by atoms with van der Waals surface area (Å²) >= 11 is 0. The van der Waals surface area contributed by atoms with Crippen LogP contribution in [0.5, 0.6) is 5.75 Å². The molecule has 1 aliphatic heterocycles. The Morgan fingerprint density at radius 1 is 1.30 bits per heavy atom. The molecule has 0 saturated carbocycles. The summed E-state index contributed by atoms with van der Waals surface area (Å²) in [5.41, 5.74) is -0.210. The number of carbonyl (C=O) groups excluding carboxylic acids is 1. The topological polar surface area (TPSA) is 131 Å². The number of sulfonamides is 1. The van der Waals surface area contributed by atoms with Gasteiger partial charge in [0.1, 0.15) is 10.6 Å². The van der Waals surface area contributed by atoms with Gasteiger partial charge < -0.3 is 15.4 Å². The number of methoxy groups -OCH3 is 1. The molecule has 1 heterocycles. The Balaban J connectivity index is 2.02. The number of hydrogen-bond donors (Lipinski definition) is 3. The lowest BCUT2D eigenvalue weighted by atomic mass is 10.0. The van der Waals surface area contributed by atoms with Crippen molar-refractivity contribution in [2.75, 3.05) is 37.0 Å². The summed E-state index contributed by atoms with van der Waals surface area (Å²) in [6, 6.07) is 4.32. The first-order chi connectivity index (χ1) is 12.5. The lowest BCUT2D eigenvalue weighted by Gasteiger charge is -2.24. The summed E-state index contributed by atoms with van der Waals surface area (Å²) in [7, 11) is -5.57. The Bertz CT molecular complexity index is 914. The Hall–Kier alpha value is -1.69. The Morgan fingerprint density at radius 2 is 2.00 bits per heavy atom. The van der Waals surface area contributed by atoms with Crippen LogP contribution in [0.2, 0.25) is 0 Å². The molecule has 1 saturated heterocycles. The van der Waals surface area contributed by atoms with Crippen LogP contribution in [0.25, 0.3) is 0 Å². The molecule has 27 heavy (non-hydrogen) atoms. The molecular weight excluding hydrogens is 394 g/mol. The molecule has 1 fully saturated rings. The molecule has 1 aromatic carbocycles. The van der Waals surface area contributed by atoms with Gasteiger partial charge in [0.25, 0.3) is 0 Å². The zero-order valence-electron chi connectivity index (χ0n) is 15.5. The quantitative estimate of drug-likeness (QED) is 0.509. The molecule has 152 valence electrons. The average molecular weight is 420 g/mol. The first-order valence-corrected chi connectivity index (χ1v) is 11.7. The van der Waals surface area contributed by atoms with Crippen molar-refractivity contribution in [3.63, 3.8) is 0 Å². The van der Waals surface area contributed by atoms with Crippen molar-refractivity contribution in [2.45, 2.75) is 30.7 Å².